The molecule has 6 heteroatoms. The summed E-state index contributed by atoms with van der Waals surface area (Å²) in [7, 11) is 1.83. The van der Waals surface area contributed by atoms with Crippen molar-refractivity contribution < 1.29 is 9.31 Å². The first-order chi connectivity index (χ1) is 9.58. The number of nitro groups is 1. The second-order valence-electron chi connectivity index (χ2n) is 4.54. The molecular weight excluding hydrogens is 261 g/mol. The summed E-state index contributed by atoms with van der Waals surface area (Å²) in [6.45, 7) is 0.917. The smallest absolute Gasteiger partial charge is 0.298 e. The van der Waals surface area contributed by atoms with E-state index in [0.29, 0.717) is 18.7 Å². The topological polar surface area (TPSA) is 59.3 Å². The first kappa shape index (κ1) is 14.1. The van der Waals surface area contributed by atoms with Gasteiger partial charge in [-0.1, -0.05) is 12.1 Å². The number of nitro benzene ring substituents is 1. The quantitative estimate of drug-likeness (QED) is 0.622. The Kier molecular flexibility index (Phi) is 4.37. The van der Waals surface area contributed by atoms with Crippen molar-refractivity contribution in [1.82, 2.24) is 9.88 Å². The predicted octanol–water partition coefficient (Wildman–Crippen LogP) is 2.76. The van der Waals surface area contributed by atoms with Crippen molar-refractivity contribution in [3.63, 3.8) is 0 Å². The lowest BCUT2D eigenvalue weighted by Gasteiger charge is -2.17. The van der Waals surface area contributed by atoms with Crippen molar-refractivity contribution in [2.24, 2.45) is 0 Å². The zero-order valence-electron chi connectivity index (χ0n) is 11.0. The predicted molar refractivity (Wildman–Crippen MR) is 72.5 cm³/mol. The Balaban J connectivity index is 2.10. The summed E-state index contributed by atoms with van der Waals surface area (Å²) in [5, 5.41) is 10.7. The molecule has 0 atom stereocenters. The molecule has 0 saturated carbocycles. The molecule has 2 aromatic rings. The van der Waals surface area contributed by atoms with Gasteiger partial charge in [0, 0.05) is 37.1 Å². The molecule has 1 heterocycles. The number of halogens is 1. The van der Waals surface area contributed by atoms with Crippen LogP contribution in [0.25, 0.3) is 0 Å². The number of nitrogens with zero attached hydrogens (tertiary/aromatic N) is 3. The van der Waals surface area contributed by atoms with Gasteiger partial charge in [0.05, 0.1) is 4.92 Å². The molecule has 0 spiro atoms. The van der Waals surface area contributed by atoms with E-state index in [-0.39, 0.29) is 0 Å². The number of pyridine rings is 1. The van der Waals surface area contributed by atoms with E-state index in [2.05, 4.69) is 4.98 Å². The number of hydrogen-bond acceptors (Lipinski definition) is 4. The minimum absolute atomic E-state index is 0.301. The minimum Gasteiger partial charge on any atom is -0.298 e. The molecule has 0 saturated heterocycles. The highest BCUT2D eigenvalue weighted by atomic mass is 19.1. The van der Waals surface area contributed by atoms with E-state index in [0.717, 1.165) is 5.56 Å². The van der Waals surface area contributed by atoms with Crippen molar-refractivity contribution in [2.45, 2.75) is 13.1 Å². The summed E-state index contributed by atoms with van der Waals surface area (Å²) >= 11 is 0. The van der Waals surface area contributed by atoms with Gasteiger partial charge in [0.1, 0.15) is 0 Å². The number of hydrogen-bond donors (Lipinski definition) is 0. The van der Waals surface area contributed by atoms with E-state index >= 15 is 0 Å². The first-order valence-corrected chi connectivity index (χ1v) is 6.07. The number of rotatable bonds is 5. The van der Waals surface area contributed by atoms with Gasteiger partial charge < -0.3 is 0 Å². The Morgan fingerprint density at radius 2 is 1.95 bits per heavy atom. The summed E-state index contributed by atoms with van der Waals surface area (Å²) < 4.78 is 13.9. The van der Waals surface area contributed by atoms with Crippen LogP contribution in [0.5, 0.6) is 0 Å². The lowest BCUT2D eigenvalue weighted by atomic mass is 10.1. The SMILES string of the molecule is CN(Cc1ccncc1)Cc1cccc([N+](=O)[O-])c1F. The van der Waals surface area contributed by atoms with Gasteiger partial charge in [0.25, 0.3) is 0 Å². The van der Waals surface area contributed by atoms with Gasteiger partial charge in [-0.15, -0.1) is 0 Å². The van der Waals surface area contributed by atoms with Gasteiger partial charge in [0.15, 0.2) is 0 Å². The summed E-state index contributed by atoms with van der Waals surface area (Å²) in [4.78, 5) is 15.8. The van der Waals surface area contributed by atoms with Crippen molar-refractivity contribution in [3.8, 4) is 0 Å². The summed E-state index contributed by atoms with van der Waals surface area (Å²) in [6, 6.07) is 7.98. The number of aromatic nitrogens is 1. The van der Waals surface area contributed by atoms with Crippen LogP contribution in [-0.2, 0) is 13.1 Å². The van der Waals surface area contributed by atoms with E-state index in [1.54, 1.807) is 18.5 Å². The molecule has 5 nitrogen and oxygen atoms in total. The molecule has 104 valence electrons. The van der Waals surface area contributed by atoms with Crippen molar-refractivity contribution in [3.05, 3.63) is 69.8 Å². The van der Waals surface area contributed by atoms with Crippen molar-refractivity contribution in [2.75, 3.05) is 7.05 Å². The molecule has 1 aromatic heterocycles. The Morgan fingerprint density at radius 1 is 1.25 bits per heavy atom. The van der Waals surface area contributed by atoms with Gasteiger partial charge >= 0.3 is 5.69 Å². The summed E-state index contributed by atoms with van der Waals surface area (Å²) in [5.41, 5.74) is 0.879. The average molecular weight is 275 g/mol. The molecule has 0 amide bonds. The van der Waals surface area contributed by atoms with E-state index in [1.165, 1.54) is 12.1 Å². The van der Waals surface area contributed by atoms with Gasteiger partial charge in [-0.3, -0.25) is 20.0 Å². The minimum atomic E-state index is -0.765. The molecule has 1 aromatic carbocycles. The van der Waals surface area contributed by atoms with Crippen molar-refractivity contribution >= 4 is 5.69 Å². The van der Waals surface area contributed by atoms with Crippen LogP contribution in [0.1, 0.15) is 11.1 Å². The zero-order valence-corrected chi connectivity index (χ0v) is 11.0. The third kappa shape index (κ3) is 3.36. The normalized spacial score (nSPS) is 10.8. The second-order valence-corrected chi connectivity index (χ2v) is 4.54. The lowest BCUT2D eigenvalue weighted by Crippen LogP contribution is -2.18. The van der Waals surface area contributed by atoms with Gasteiger partial charge in [-0.05, 0) is 24.7 Å². The van der Waals surface area contributed by atoms with Crippen LogP contribution in [0.15, 0.2) is 42.7 Å². The summed E-state index contributed by atoms with van der Waals surface area (Å²) in [6.07, 6.45) is 3.38. The van der Waals surface area contributed by atoms with Gasteiger partial charge in [0.2, 0.25) is 5.82 Å². The molecule has 0 unspecified atom stereocenters. The van der Waals surface area contributed by atoms with Crippen LogP contribution < -0.4 is 0 Å². The molecule has 0 radical (unpaired) electrons. The van der Waals surface area contributed by atoms with Crippen LogP contribution in [0.2, 0.25) is 0 Å². The Hall–Kier alpha value is -2.34. The molecular formula is C14H14FN3O2. The highest BCUT2D eigenvalue weighted by molar-refractivity contribution is 5.36. The zero-order chi connectivity index (χ0) is 14.5. The maximum Gasteiger partial charge on any atom is 0.305 e. The maximum atomic E-state index is 13.9. The van der Waals surface area contributed by atoms with Crippen molar-refractivity contribution in [1.29, 1.82) is 0 Å². The molecule has 0 aliphatic rings. The second kappa shape index (κ2) is 6.21. The fourth-order valence-corrected chi connectivity index (χ4v) is 1.98. The van der Waals surface area contributed by atoms with E-state index in [9.17, 15) is 14.5 Å². The lowest BCUT2D eigenvalue weighted by molar-refractivity contribution is -0.387. The fourth-order valence-electron chi connectivity index (χ4n) is 1.98. The average Bonchev–Trinajstić information content (AvgIpc) is 2.42. The van der Waals surface area contributed by atoms with E-state index in [4.69, 9.17) is 0 Å². The molecule has 0 bridgehead atoms. The monoisotopic (exact) mass is 275 g/mol. The highest BCUT2D eigenvalue weighted by Crippen LogP contribution is 2.21. The third-order valence-electron chi connectivity index (χ3n) is 2.90. The summed E-state index contributed by atoms with van der Waals surface area (Å²) in [5.74, 6) is -0.765. The van der Waals surface area contributed by atoms with Crippen LogP contribution in [-0.4, -0.2) is 21.9 Å². The standard InChI is InChI=1S/C14H14FN3O2/c1-17(9-11-5-7-16-8-6-11)10-12-3-2-4-13(14(12)15)18(19)20/h2-8H,9-10H2,1H3. The van der Waals surface area contributed by atoms with E-state index < -0.39 is 16.4 Å². The maximum absolute atomic E-state index is 13.9. The Morgan fingerprint density at radius 3 is 2.60 bits per heavy atom. The molecule has 0 N–H and O–H groups in total. The molecule has 2 rings (SSSR count). The fraction of sp³-hybridized carbons (Fsp3) is 0.214. The van der Waals surface area contributed by atoms with Gasteiger partial charge in [-0.2, -0.15) is 4.39 Å². The van der Waals surface area contributed by atoms with E-state index in [1.807, 2.05) is 24.1 Å². The molecule has 20 heavy (non-hydrogen) atoms. The highest BCUT2D eigenvalue weighted by Gasteiger charge is 2.17. The molecule has 0 aliphatic carbocycles. The van der Waals surface area contributed by atoms with Crippen LogP contribution >= 0.6 is 0 Å². The Labute approximate surface area is 115 Å². The van der Waals surface area contributed by atoms with Crippen LogP contribution in [0.3, 0.4) is 0 Å². The first-order valence-electron chi connectivity index (χ1n) is 6.07. The van der Waals surface area contributed by atoms with Gasteiger partial charge in [-0.25, -0.2) is 0 Å². The number of benzene rings is 1. The van der Waals surface area contributed by atoms with Crippen LogP contribution in [0.4, 0.5) is 10.1 Å². The largest absolute Gasteiger partial charge is 0.305 e. The third-order valence-corrected chi connectivity index (χ3v) is 2.90. The Bertz CT molecular complexity index is 605. The van der Waals surface area contributed by atoms with Crippen LogP contribution in [0, 0.1) is 15.9 Å². The molecule has 0 fully saturated rings. The molecule has 0 aliphatic heterocycles.